The molecule has 0 amide bonds. The molecule has 4 rings (SSSR count). The van der Waals surface area contributed by atoms with Crippen LogP contribution in [-0.2, 0) is 5.41 Å². The van der Waals surface area contributed by atoms with Crippen LogP contribution in [-0.4, -0.2) is 60.3 Å². The van der Waals surface area contributed by atoms with E-state index >= 15 is 0 Å². The maximum absolute atomic E-state index is 10.7. The summed E-state index contributed by atoms with van der Waals surface area (Å²) in [5.41, 5.74) is 3.83. The van der Waals surface area contributed by atoms with Crippen LogP contribution in [0.3, 0.4) is 0 Å². The van der Waals surface area contributed by atoms with Crippen molar-refractivity contribution in [3.63, 3.8) is 0 Å². The molecule has 0 spiro atoms. The van der Waals surface area contributed by atoms with E-state index in [4.69, 9.17) is 4.74 Å². The fourth-order valence-corrected chi connectivity index (χ4v) is 4.84. The van der Waals surface area contributed by atoms with Gasteiger partial charge >= 0.3 is 0 Å². The summed E-state index contributed by atoms with van der Waals surface area (Å²) in [6, 6.07) is 29.9. The Balaban J connectivity index is 1.33. The highest BCUT2D eigenvalue weighted by molar-refractivity contribution is 5.38. The first-order valence-corrected chi connectivity index (χ1v) is 12.4. The zero-order chi connectivity index (χ0) is 24.0. The molecule has 3 aromatic rings. The summed E-state index contributed by atoms with van der Waals surface area (Å²) in [5, 5.41) is 10.7. The van der Waals surface area contributed by atoms with Crippen molar-refractivity contribution < 1.29 is 9.84 Å². The number of benzene rings is 3. The summed E-state index contributed by atoms with van der Waals surface area (Å²) in [4.78, 5) is 4.91. The van der Waals surface area contributed by atoms with E-state index in [9.17, 15) is 5.11 Å². The third-order valence-electron chi connectivity index (χ3n) is 6.60. The van der Waals surface area contributed by atoms with E-state index in [1.54, 1.807) is 0 Å². The van der Waals surface area contributed by atoms with Gasteiger partial charge in [0.1, 0.15) is 18.5 Å². The Morgan fingerprint density at radius 3 is 1.85 bits per heavy atom. The lowest BCUT2D eigenvalue weighted by Gasteiger charge is -2.40. The number of rotatable bonds is 8. The van der Waals surface area contributed by atoms with Crippen molar-refractivity contribution in [1.82, 2.24) is 9.80 Å². The molecule has 4 nitrogen and oxygen atoms in total. The van der Waals surface area contributed by atoms with E-state index in [1.807, 2.05) is 18.2 Å². The summed E-state index contributed by atoms with van der Waals surface area (Å²) in [5.74, 6) is 0.868. The van der Waals surface area contributed by atoms with Crippen molar-refractivity contribution in [1.29, 1.82) is 0 Å². The summed E-state index contributed by atoms with van der Waals surface area (Å²) < 4.78 is 6.05. The topological polar surface area (TPSA) is 35.9 Å². The molecule has 1 fully saturated rings. The lowest BCUT2D eigenvalue weighted by molar-refractivity contribution is 0.0397. The Morgan fingerprint density at radius 1 is 0.765 bits per heavy atom. The van der Waals surface area contributed by atoms with Crippen molar-refractivity contribution >= 4 is 0 Å². The van der Waals surface area contributed by atoms with Crippen molar-refractivity contribution in [2.45, 2.75) is 38.3 Å². The summed E-state index contributed by atoms with van der Waals surface area (Å²) in [6.45, 7) is 11.3. The second kappa shape index (κ2) is 11.2. The van der Waals surface area contributed by atoms with E-state index in [1.165, 1.54) is 16.7 Å². The molecule has 0 saturated carbocycles. The predicted molar refractivity (Wildman–Crippen MR) is 139 cm³/mol. The second-order valence-corrected chi connectivity index (χ2v) is 10.3. The highest BCUT2D eigenvalue weighted by Crippen LogP contribution is 2.31. The van der Waals surface area contributed by atoms with Crippen molar-refractivity contribution in [3.05, 3.63) is 102 Å². The number of aliphatic hydroxyl groups excluding tert-OH is 1. The molecule has 1 heterocycles. The quantitative estimate of drug-likeness (QED) is 0.508. The number of nitrogens with zero attached hydrogens (tertiary/aromatic N) is 2. The Morgan fingerprint density at radius 2 is 1.29 bits per heavy atom. The Kier molecular flexibility index (Phi) is 8.04. The number of hydrogen-bond donors (Lipinski definition) is 1. The van der Waals surface area contributed by atoms with E-state index in [2.05, 4.69) is 97.3 Å². The Labute approximate surface area is 204 Å². The molecule has 0 aromatic heterocycles. The van der Waals surface area contributed by atoms with Gasteiger partial charge in [0, 0.05) is 32.7 Å². The van der Waals surface area contributed by atoms with Gasteiger partial charge in [-0.15, -0.1) is 0 Å². The zero-order valence-electron chi connectivity index (χ0n) is 20.7. The predicted octanol–water partition coefficient (Wildman–Crippen LogP) is 5.13. The third-order valence-corrected chi connectivity index (χ3v) is 6.60. The summed E-state index contributed by atoms with van der Waals surface area (Å²) >= 11 is 0. The molecular formula is C30H38N2O2. The van der Waals surface area contributed by atoms with Gasteiger partial charge in [-0.1, -0.05) is 99.6 Å². The van der Waals surface area contributed by atoms with E-state index in [0.29, 0.717) is 13.2 Å². The van der Waals surface area contributed by atoms with Gasteiger partial charge in [-0.3, -0.25) is 9.80 Å². The number of aliphatic hydroxyl groups is 1. The molecule has 0 bridgehead atoms. The minimum Gasteiger partial charge on any atom is -0.491 e. The first-order valence-electron chi connectivity index (χ1n) is 12.4. The molecule has 0 aliphatic carbocycles. The number of piperazine rings is 1. The minimum atomic E-state index is -0.515. The minimum absolute atomic E-state index is 0.00587. The summed E-state index contributed by atoms with van der Waals surface area (Å²) in [7, 11) is 0. The fourth-order valence-electron chi connectivity index (χ4n) is 4.84. The van der Waals surface area contributed by atoms with Gasteiger partial charge in [0.15, 0.2) is 0 Å². The smallest absolute Gasteiger partial charge is 0.123 e. The molecule has 1 aliphatic heterocycles. The van der Waals surface area contributed by atoms with E-state index < -0.39 is 6.10 Å². The van der Waals surface area contributed by atoms with Crippen LogP contribution in [0.4, 0.5) is 0 Å². The van der Waals surface area contributed by atoms with Gasteiger partial charge < -0.3 is 9.84 Å². The molecule has 1 atom stereocenters. The first-order chi connectivity index (χ1) is 16.4. The molecule has 1 saturated heterocycles. The fraction of sp³-hybridized carbons (Fsp3) is 0.400. The van der Waals surface area contributed by atoms with Gasteiger partial charge in [-0.05, 0) is 28.2 Å². The molecule has 180 valence electrons. The van der Waals surface area contributed by atoms with Crippen LogP contribution >= 0.6 is 0 Å². The maximum atomic E-state index is 10.7. The lowest BCUT2D eigenvalue weighted by Crippen LogP contribution is -2.50. The van der Waals surface area contributed by atoms with Crippen LogP contribution in [0.25, 0.3) is 0 Å². The number of β-amino-alcohol motifs (C(OH)–C–C–N with tert-alkyl or cyclic N) is 1. The standard InChI is InChI=1S/C30H38N2O2/c1-30(2,3)27-16-10-11-17-28(27)34-23-26(33)22-31-18-20-32(21-19-31)29(24-12-6-4-7-13-24)25-14-8-5-9-15-25/h4-17,26,29,33H,18-23H2,1-3H3. The van der Waals surface area contributed by atoms with E-state index in [-0.39, 0.29) is 11.5 Å². The van der Waals surface area contributed by atoms with Crippen molar-refractivity contribution in [3.8, 4) is 5.75 Å². The second-order valence-electron chi connectivity index (χ2n) is 10.3. The van der Waals surface area contributed by atoms with Crippen molar-refractivity contribution in [2.75, 3.05) is 39.3 Å². The molecule has 34 heavy (non-hydrogen) atoms. The van der Waals surface area contributed by atoms with Gasteiger partial charge in [0.25, 0.3) is 0 Å². The van der Waals surface area contributed by atoms with Crippen LogP contribution in [0, 0.1) is 0 Å². The molecule has 1 unspecified atom stereocenters. The highest BCUT2D eigenvalue weighted by Gasteiger charge is 2.27. The van der Waals surface area contributed by atoms with Gasteiger partial charge in [-0.25, -0.2) is 0 Å². The number of para-hydroxylation sites is 1. The maximum Gasteiger partial charge on any atom is 0.123 e. The SMILES string of the molecule is CC(C)(C)c1ccccc1OCC(O)CN1CCN(C(c2ccccc2)c2ccccc2)CC1. The van der Waals surface area contributed by atoms with Crippen LogP contribution in [0.2, 0.25) is 0 Å². The molecule has 4 heteroatoms. The Hall–Kier alpha value is -2.66. The monoisotopic (exact) mass is 458 g/mol. The molecule has 1 N–H and O–H groups in total. The lowest BCUT2D eigenvalue weighted by atomic mass is 9.86. The zero-order valence-corrected chi connectivity index (χ0v) is 20.7. The van der Waals surface area contributed by atoms with Gasteiger partial charge in [0.2, 0.25) is 0 Å². The molecule has 1 aliphatic rings. The van der Waals surface area contributed by atoms with Crippen LogP contribution in [0.5, 0.6) is 5.75 Å². The van der Waals surface area contributed by atoms with Crippen LogP contribution < -0.4 is 4.74 Å². The normalized spacial score (nSPS) is 16.5. The van der Waals surface area contributed by atoms with Crippen molar-refractivity contribution in [2.24, 2.45) is 0 Å². The molecule has 3 aromatic carbocycles. The average molecular weight is 459 g/mol. The number of ether oxygens (including phenoxy) is 1. The molecular weight excluding hydrogens is 420 g/mol. The summed E-state index contributed by atoms with van der Waals surface area (Å²) in [6.07, 6.45) is -0.515. The largest absolute Gasteiger partial charge is 0.491 e. The van der Waals surface area contributed by atoms with Gasteiger partial charge in [-0.2, -0.15) is 0 Å². The average Bonchev–Trinajstić information content (AvgIpc) is 2.85. The number of hydrogen-bond acceptors (Lipinski definition) is 4. The third kappa shape index (κ3) is 6.26. The highest BCUT2D eigenvalue weighted by atomic mass is 16.5. The van der Waals surface area contributed by atoms with E-state index in [0.717, 1.165) is 31.9 Å². The van der Waals surface area contributed by atoms with Crippen LogP contribution in [0.1, 0.15) is 43.5 Å². The molecule has 0 radical (unpaired) electrons. The van der Waals surface area contributed by atoms with Crippen LogP contribution in [0.15, 0.2) is 84.9 Å². The Bertz CT molecular complexity index is 969. The first kappa shape index (κ1) is 24.5. The van der Waals surface area contributed by atoms with Gasteiger partial charge in [0.05, 0.1) is 6.04 Å².